The molecule has 3 atom stereocenters. The fourth-order valence-corrected chi connectivity index (χ4v) is 13.6. The lowest BCUT2D eigenvalue weighted by atomic mass is 10.0. The minimum absolute atomic E-state index is 0.00219. The number of aryl methyl sites for hydroxylation is 6. The number of benzene rings is 3. The van der Waals surface area contributed by atoms with Crippen LogP contribution in [0.25, 0.3) is 0 Å². The zero-order valence-corrected chi connectivity index (χ0v) is 57.3. The van der Waals surface area contributed by atoms with E-state index in [2.05, 4.69) is 89.8 Å². The van der Waals surface area contributed by atoms with Gasteiger partial charge in [-0.15, -0.1) is 0 Å². The average molecular weight is 1360 g/mol. The molecule has 3 aliphatic rings. The van der Waals surface area contributed by atoms with E-state index < -0.39 is 0 Å². The van der Waals surface area contributed by atoms with Crippen LogP contribution in [0.1, 0.15) is 113 Å². The van der Waals surface area contributed by atoms with Gasteiger partial charge < -0.3 is 36.8 Å². The summed E-state index contributed by atoms with van der Waals surface area (Å²) in [4.78, 5) is 83.4. The molecule has 6 aromatic heterocycles. The molecule has 0 saturated carbocycles. The number of thiazole rings is 3. The van der Waals surface area contributed by atoms with Gasteiger partial charge >= 0.3 is 0 Å². The normalized spacial score (nSPS) is 15.9. The van der Waals surface area contributed by atoms with Crippen LogP contribution in [0.3, 0.4) is 0 Å². The van der Waals surface area contributed by atoms with E-state index in [9.17, 15) is 14.4 Å². The highest BCUT2D eigenvalue weighted by molar-refractivity contribution is 7.18. The van der Waals surface area contributed by atoms with Crippen molar-refractivity contribution in [2.45, 2.75) is 100.0 Å². The second-order valence-corrected chi connectivity index (χ2v) is 27.4. The second-order valence-electron chi connectivity index (χ2n) is 22.7. The van der Waals surface area contributed by atoms with Crippen LogP contribution in [0, 0.1) is 53.4 Å². The number of ketones is 3. The van der Waals surface area contributed by atoms with Crippen molar-refractivity contribution in [3.8, 4) is 0 Å². The van der Waals surface area contributed by atoms with Crippen LogP contribution in [0.2, 0.25) is 20.2 Å². The SMILES string of the molecule is C[C@@H]1CCNC1.Cc1nc(Cl)cc(Nc2ncc(C(=O)Cc3c(C)cccc3Cl)s2)n1.Cc1nc(Nc2ncc(C(=O)Cc3c(C)cccc3Cl)s2)cc(N2CC[C@@H](C)C2)n1.Cc1nc(Nc2ncc(C(=O)Cc3c(C)cccc3Cl)s2)cc(N2CC[C@@H](N)C2)n1. The molecule has 26 heteroatoms. The molecular formula is C65H72Cl4N16O3S3. The molecule has 0 radical (unpaired) electrons. The highest BCUT2D eigenvalue weighted by Crippen LogP contribution is 2.32. The third-order valence-electron chi connectivity index (χ3n) is 15.2. The number of rotatable bonds is 17. The van der Waals surface area contributed by atoms with E-state index in [0.29, 0.717) is 91.1 Å². The first kappa shape index (κ1) is 68.3. The standard InChI is InChI=1S/C22H24ClN5OS.C21H23ClN6OS.C17H14Cl2N4OS.C5H11N/c1-13-7-8-28(12-13)21-10-20(25-15(3)26-21)27-22-24-11-19(30-22)18(29)9-16-14(2)5-4-6-17(16)23;1-12-4-3-5-16(22)15(12)8-17(29)18-10-24-21(30-18)27-19-9-20(26-13(2)25-19)28-7-6-14(23)11-28;1-9-4-3-5-12(18)11(9)6-13(24)14-8-20-17(25-14)23-16-7-15(19)21-10(2)22-16;1-5-2-3-6-4-5/h4-6,10-11,13H,7-9,12H2,1-3H3,(H,24,25,26,27);3-5,9-10,14H,6-8,11,23H2,1-2H3,(H,24,25,26,27);3-5,7-8H,6H2,1-2H3,(H,20,21,22,23);5-6H,2-4H2,1H3/t13-;14-;;5-/m11.1/s1. The van der Waals surface area contributed by atoms with Gasteiger partial charge in [0.1, 0.15) is 51.7 Å². The minimum Gasteiger partial charge on any atom is -0.356 e. The van der Waals surface area contributed by atoms with Gasteiger partial charge in [-0.2, -0.15) is 0 Å². The Kier molecular flexibility index (Phi) is 24.0. The van der Waals surface area contributed by atoms with Crippen LogP contribution >= 0.6 is 80.4 Å². The van der Waals surface area contributed by atoms with E-state index in [0.717, 1.165) is 83.5 Å². The number of Topliss-reactive ketones (excluding diaryl/α,β-unsaturated/α-hetero) is 3. The van der Waals surface area contributed by atoms with Crippen LogP contribution < -0.4 is 36.8 Å². The summed E-state index contributed by atoms with van der Waals surface area (Å²) in [5.74, 6) is 7.13. The van der Waals surface area contributed by atoms with Gasteiger partial charge in [0.15, 0.2) is 32.7 Å². The number of halogens is 4. The molecule has 19 nitrogen and oxygen atoms in total. The van der Waals surface area contributed by atoms with Gasteiger partial charge in [-0.05, 0) is 137 Å². The van der Waals surface area contributed by atoms with Gasteiger partial charge in [-0.3, -0.25) is 14.4 Å². The third-order valence-corrected chi connectivity index (χ3v) is 19.3. The molecule has 3 aromatic carbocycles. The van der Waals surface area contributed by atoms with Crippen LogP contribution in [-0.4, -0.2) is 108 Å². The van der Waals surface area contributed by atoms with Crippen molar-refractivity contribution >= 4 is 142 Å². The number of aromatic nitrogens is 9. The summed E-state index contributed by atoms with van der Waals surface area (Å²) in [7, 11) is 0. The van der Waals surface area contributed by atoms with Gasteiger partial charge in [-0.25, -0.2) is 44.9 Å². The van der Waals surface area contributed by atoms with E-state index >= 15 is 0 Å². The molecule has 0 amide bonds. The summed E-state index contributed by atoms with van der Waals surface area (Å²) in [5.41, 5.74) is 11.6. The van der Waals surface area contributed by atoms with Crippen LogP contribution in [0.4, 0.5) is 44.5 Å². The van der Waals surface area contributed by atoms with Gasteiger partial charge in [-0.1, -0.05) is 131 Å². The van der Waals surface area contributed by atoms with Crippen molar-refractivity contribution in [3.63, 3.8) is 0 Å². The molecule has 9 heterocycles. The molecule has 0 aliphatic carbocycles. The average Bonchev–Trinajstić information content (AvgIpc) is 3.48. The van der Waals surface area contributed by atoms with Crippen molar-refractivity contribution in [3.05, 3.63) is 177 Å². The summed E-state index contributed by atoms with van der Waals surface area (Å²) in [6, 6.07) is 22.5. The maximum atomic E-state index is 12.7. The minimum atomic E-state index is -0.0290. The molecule has 91 heavy (non-hydrogen) atoms. The zero-order valence-electron chi connectivity index (χ0n) is 51.8. The van der Waals surface area contributed by atoms with Crippen LogP contribution in [-0.2, 0) is 19.3 Å². The number of nitrogens with zero attached hydrogens (tertiary/aromatic N) is 11. The molecule has 6 N–H and O–H groups in total. The van der Waals surface area contributed by atoms with E-state index in [1.165, 1.54) is 59.9 Å². The highest BCUT2D eigenvalue weighted by Gasteiger charge is 2.24. The summed E-state index contributed by atoms with van der Waals surface area (Å²) in [6.45, 7) is 22.0. The molecule has 9 aromatic rings. The topological polar surface area (TPSA) is 248 Å². The zero-order chi connectivity index (χ0) is 64.9. The van der Waals surface area contributed by atoms with Gasteiger partial charge in [0.05, 0.1) is 33.2 Å². The lowest BCUT2D eigenvalue weighted by molar-refractivity contribution is 0.0988. The smallest absolute Gasteiger partial charge is 0.188 e. The number of carbonyl (C=O) groups is 3. The van der Waals surface area contributed by atoms with Gasteiger partial charge in [0, 0.05) is 84.8 Å². The Balaban J connectivity index is 0.000000155. The molecule has 3 aliphatic heterocycles. The van der Waals surface area contributed by atoms with Gasteiger partial charge in [0.25, 0.3) is 0 Å². The van der Waals surface area contributed by atoms with Crippen molar-refractivity contribution in [1.82, 2.24) is 50.2 Å². The number of hydrogen-bond donors (Lipinski definition) is 5. The Morgan fingerprint density at radius 1 is 0.527 bits per heavy atom. The number of nitrogens with one attached hydrogen (secondary N) is 4. The molecule has 3 saturated heterocycles. The number of anilines is 8. The fourth-order valence-electron chi connectivity index (χ4n) is 10.2. The van der Waals surface area contributed by atoms with E-state index in [1.807, 2.05) is 89.2 Å². The molecule has 0 unspecified atom stereocenters. The van der Waals surface area contributed by atoms with E-state index in [4.69, 9.17) is 52.1 Å². The first-order chi connectivity index (χ1) is 43.6. The lowest BCUT2D eigenvalue weighted by Crippen LogP contribution is -2.27. The Labute approximate surface area is 562 Å². The summed E-state index contributed by atoms with van der Waals surface area (Å²) in [5, 5.41) is 16.7. The summed E-state index contributed by atoms with van der Waals surface area (Å²) >= 11 is 28.5. The Morgan fingerprint density at radius 3 is 1.25 bits per heavy atom. The van der Waals surface area contributed by atoms with Crippen LogP contribution in [0.15, 0.2) is 91.4 Å². The molecule has 476 valence electrons. The molecule has 12 rings (SSSR count). The van der Waals surface area contributed by atoms with Crippen LogP contribution in [0.5, 0.6) is 0 Å². The number of nitrogens with two attached hydrogens (primary N) is 1. The van der Waals surface area contributed by atoms with E-state index in [-0.39, 0.29) is 42.7 Å². The Hall–Kier alpha value is -7.12. The Morgan fingerprint density at radius 2 is 0.923 bits per heavy atom. The number of hydrogen-bond acceptors (Lipinski definition) is 22. The molecule has 0 spiro atoms. The quantitative estimate of drug-likeness (QED) is 0.0420. The maximum absolute atomic E-state index is 12.7. The number of carbonyl (C=O) groups excluding carboxylic acids is 3. The molecule has 0 bridgehead atoms. The molecule has 3 fully saturated rings. The fraction of sp³-hybridized carbons (Fsp3) is 0.354. The third kappa shape index (κ3) is 19.5. The van der Waals surface area contributed by atoms with Crippen molar-refractivity contribution in [2.75, 3.05) is 65.0 Å². The maximum Gasteiger partial charge on any atom is 0.188 e. The van der Waals surface area contributed by atoms with Crippen molar-refractivity contribution in [2.24, 2.45) is 17.6 Å². The van der Waals surface area contributed by atoms with Crippen molar-refractivity contribution in [1.29, 1.82) is 0 Å². The van der Waals surface area contributed by atoms with E-state index in [1.54, 1.807) is 43.7 Å². The monoisotopic (exact) mass is 1360 g/mol. The van der Waals surface area contributed by atoms with Crippen molar-refractivity contribution < 1.29 is 14.4 Å². The molecular weight excluding hydrogens is 1290 g/mol. The largest absolute Gasteiger partial charge is 0.356 e. The Bertz CT molecular complexity index is 3770. The first-order valence-electron chi connectivity index (χ1n) is 29.8. The second kappa shape index (κ2) is 31.9. The predicted octanol–water partition coefficient (Wildman–Crippen LogP) is 14.8. The highest BCUT2D eigenvalue weighted by atomic mass is 35.5. The van der Waals surface area contributed by atoms with Gasteiger partial charge in [0.2, 0.25) is 0 Å². The predicted molar refractivity (Wildman–Crippen MR) is 372 cm³/mol. The first-order valence-corrected chi connectivity index (χ1v) is 33.7. The summed E-state index contributed by atoms with van der Waals surface area (Å²) in [6.07, 6.45) is 9.01. The summed E-state index contributed by atoms with van der Waals surface area (Å²) < 4.78 is 0. The lowest BCUT2D eigenvalue weighted by Gasteiger charge is -2.18.